The predicted octanol–water partition coefficient (Wildman–Crippen LogP) is 1.68. The van der Waals surface area contributed by atoms with Crippen molar-refractivity contribution in [1.82, 2.24) is 14.9 Å². The maximum atomic E-state index is 10.3. The van der Waals surface area contributed by atoms with Crippen molar-refractivity contribution in [3.8, 4) is 0 Å². The van der Waals surface area contributed by atoms with Crippen LogP contribution in [0, 0.1) is 6.92 Å². The summed E-state index contributed by atoms with van der Waals surface area (Å²) in [6.07, 6.45) is 2.04. The number of aromatic nitrogens is 2. The van der Waals surface area contributed by atoms with Crippen LogP contribution in [0.15, 0.2) is 18.2 Å². The number of aliphatic hydroxyl groups is 1. The van der Waals surface area contributed by atoms with Gasteiger partial charge in [0.15, 0.2) is 0 Å². The third-order valence-electron chi connectivity index (χ3n) is 4.25. The minimum atomic E-state index is -0.516. The lowest BCUT2D eigenvalue weighted by molar-refractivity contribution is 0.103. The van der Waals surface area contributed by atoms with E-state index in [1.165, 1.54) is 0 Å². The van der Waals surface area contributed by atoms with Crippen LogP contribution in [-0.2, 0) is 11.8 Å². The van der Waals surface area contributed by atoms with E-state index in [0.717, 1.165) is 48.4 Å². The Morgan fingerprint density at radius 1 is 1.52 bits per heavy atom. The number of imidazole rings is 1. The summed E-state index contributed by atoms with van der Waals surface area (Å²) < 4.78 is 7.61. The van der Waals surface area contributed by atoms with Gasteiger partial charge < -0.3 is 19.7 Å². The molecule has 0 aliphatic carbocycles. The Hall–Kier alpha value is -1.43. The average Bonchev–Trinajstić information content (AvgIpc) is 3.08. The summed E-state index contributed by atoms with van der Waals surface area (Å²) in [5, 5.41) is 13.6. The molecule has 1 aliphatic rings. The van der Waals surface area contributed by atoms with Crippen LogP contribution < -0.4 is 5.32 Å². The fourth-order valence-electron chi connectivity index (χ4n) is 2.85. The van der Waals surface area contributed by atoms with E-state index in [9.17, 15) is 5.11 Å². The van der Waals surface area contributed by atoms with Gasteiger partial charge in [-0.3, -0.25) is 0 Å². The zero-order valence-corrected chi connectivity index (χ0v) is 12.7. The lowest BCUT2D eigenvalue weighted by atomic mass is 10.1. The smallest absolute Gasteiger partial charge is 0.106 e. The van der Waals surface area contributed by atoms with Crippen molar-refractivity contribution < 1.29 is 9.84 Å². The summed E-state index contributed by atoms with van der Waals surface area (Å²) in [5.74, 6) is 0.980. The van der Waals surface area contributed by atoms with Crippen molar-refractivity contribution >= 4 is 11.0 Å². The summed E-state index contributed by atoms with van der Waals surface area (Å²) in [4.78, 5) is 4.51. The quantitative estimate of drug-likeness (QED) is 0.879. The van der Waals surface area contributed by atoms with Gasteiger partial charge in [-0.2, -0.15) is 0 Å². The first-order valence-electron chi connectivity index (χ1n) is 7.58. The molecule has 2 heterocycles. The molecular formula is C16H23N3O2. The second-order valence-corrected chi connectivity index (χ2v) is 5.78. The molecule has 1 saturated heterocycles. The van der Waals surface area contributed by atoms with Crippen LogP contribution in [0.3, 0.4) is 0 Å². The molecule has 2 aromatic rings. The van der Waals surface area contributed by atoms with E-state index in [2.05, 4.69) is 14.9 Å². The molecule has 114 valence electrons. The molecule has 2 unspecified atom stereocenters. The van der Waals surface area contributed by atoms with E-state index < -0.39 is 6.10 Å². The number of benzene rings is 1. The van der Waals surface area contributed by atoms with Gasteiger partial charge in [-0.25, -0.2) is 4.98 Å². The van der Waals surface area contributed by atoms with Crippen LogP contribution in [0.4, 0.5) is 0 Å². The molecule has 0 amide bonds. The van der Waals surface area contributed by atoms with Crippen molar-refractivity contribution in [3.63, 3.8) is 0 Å². The van der Waals surface area contributed by atoms with Gasteiger partial charge >= 0.3 is 0 Å². The predicted molar refractivity (Wildman–Crippen MR) is 82.3 cm³/mol. The molecule has 5 heteroatoms. The molecular weight excluding hydrogens is 266 g/mol. The number of aryl methyl sites for hydroxylation is 2. The monoisotopic (exact) mass is 289 g/mol. The minimum Gasteiger partial charge on any atom is -0.387 e. The third-order valence-corrected chi connectivity index (χ3v) is 4.25. The summed E-state index contributed by atoms with van der Waals surface area (Å²) in [6, 6.07) is 5.97. The molecule has 21 heavy (non-hydrogen) atoms. The molecule has 3 rings (SSSR count). The zero-order valence-electron chi connectivity index (χ0n) is 12.7. The SMILES string of the molecule is Cc1nc2cc(C(O)CNCC3CCCO3)ccc2n1C. The average molecular weight is 289 g/mol. The molecule has 0 bridgehead atoms. The fraction of sp³-hybridized carbons (Fsp3) is 0.562. The second-order valence-electron chi connectivity index (χ2n) is 5.78. The Bertz CT molecular complexity index is 617. The number of nitrogens with one attached hydrogen (secondary N) is 1. The van der Waals surface area contributed by atoms with Gasteiger partial charge in [0.25, 0.3) is 0 Å². The Morgan fingerprint density at radius 3 is 3.14 bits per heavy atom. The Labute approximate surface area is 124 Å². The number of rotatable bonds is 5. The van der Waals surface area contributed by atoms with Gasteiger partial charge in [0.1, 0.15) is 5.82 Å². The van der Waals surface area contributed by atoms with Gasteiger partial charge in [-0.15, -0.1) is 0 Å². The molecule has 0 radical (unpaired) electrons. The van der Waals surface area contributed by atoms with Crippen molar-refractivity contribution in [3.05, 3.63) is 29.6 Å². The molecule has 5 nitrogen and oxygen atoms in total. The van der Waals surface area contributed by atoms with Crippen molar-refractivity contribution in [1.29, 1.82) is 0 Å². The maximum absolute atomic E-state index is 10.3. The first-order valence-corrected chi connectivity index (χ1v) is 7.58. The second kappa shape index (κ2) is 6.13. The number of ether oxygens (including phenoxy) is 1. The van der Waals surface area contributed by atoms with E-state index >= 15 is 0 Å². The first kappa shape index (κ1) is 14.5. The molecule has 1 aliphatic heterocycles. The molecule has 1 fully saturated rings. The Balaban J connectivity index is 1.62. The van der Waals surface area contributed by atoms with E-state index in [1.807, 2.05) is 32.2 Å². The summed E-state index contributed by atoms with van der Waals surface area (Å²) in [6.45, 7) is 4.20. The highest BCUT2D eigenvalue weighted by Gasteiger charge is 2.16. The standard InChI is InChI=1S/C16H23N3O2/c1-11-18-14-8-12(5-6-15(14)19(11)2)16(20)10-17-9-13-4-3-7-21-13/h5-6,8,13,16-17,20H,3-4,7,9-10H2,1-2H3. The normalized spacial score (nSPS) is 20.2. The van der Waals surface area contributed by atoms with Gasteiger partial charge in [-0.1, -0.05) is 6.07 Å². The van der Waals surface area contributed by atoms with Crippen molar-refractivity contribution in [2.24, 2.45) is 7.05 Å². The van der Waals surface area contributed by atoms with E-state index in [4.69, 9.17) is 4.74 Å². The lowest BCUT2D eigenvalue weighted by Gasteiger charge is -2.15. The topological polar surface area (TPSA) is 59.3 Å². The van der Waals surface area contributed by atoms with Gasteiger partial charge in [0.2, 0.25) is 0 Å². The molecule has 0 spiro atoms. The number of nitrogens with zero attached hydrogens (tertiary/aromatic N) is 2. The fourth-order valence-corrected chi connectivity index (χ4v) is 2.85. The first-order chi connectivity index (χ1) is 10.1. The molecule has 2 atom stereocenters. The van der Waals surface area contributed by atoms with Gasteiger partial charge in [0.05, 0.1) is 23.2 Å². The van der Waals surface area contributed by atoms with Gasteiger partial charge in [-0.05, 0) is 37.5 Å². The highest BCUT2D eigenvalue weighted by atomic mass is 16.5. The minimum absolute atomic E-state index is 0.304. The summed E-state index contributed by atoms with van der Waals surface area (Å²) >= 11 is 0. The van der Waals surface area contributed by atoms with Crippen LogP contribution >= 0.6 is 0 Å². The van der Waals surface area contributed by atoms with Crippen LogP contribution in [-0.4, -0.2) is 40.5 Å². The summed E-state index contributed by atoms with van der Waals surface area (Å²) in [5.41, 5.74) is 2.93. The molecule has 0 saturated carbocycles. The third kappa shape index (κ3) is 3.10. The van der Waals surface area contributed by atoms with Crippen LogP contribution in [0.25, 0.3) is 11.0 Å². The van der Waals surface area contributed by atoms with Crippen LogP contribution in [0.1, 0.15) is 30.3 Å². The van der Waals surface area contributed by atoms with Crippen LogP contribution in [0.2, 0.25) is 0 Å². The van der Waals surface area contributed by atoms with E-state index in [0.29, 0.717) is 12.6 Å². The Morgan fingerprint density at radius 2 is 2.38 bits per heavy atom. The zero-order chi connectivity index (χ0) is 14.8. The molecule has 1 aromatic carbocycles. The van der Waals surface area contributed by atoms with E-state index in [1.54, 1.807) is 0 Å². The molecule has 2 N–H and O–H groups in total. The summed E-state index contributed by atoms with van der Waals surface area (Å²) in [7, 11) is 2.00. The lowest BCUT2D eigenvalue weighted by Crippen LogP contribution is -2.29. The number of hydrogen-bond donors (Lipinski definition) is 2. The molecule has 1 aromatic heterocycles. The van der Waals surface area contributed by atoms with Gasteiger partial charge in [0, 0.05) is 26.7 Å². The highest BCUT2D eigenvalue weighted by Crippen LogP contribution is 2.20. The highest BCUT2D eigenvalue weighted by molar-refractivity contribution is 5.76. The van der Waals surface area contributed by atoms with Crippen molar-refractivity contribution in [2.75, 3.05) is 19.7 Å². The van der Waals surface area contributed by atoms with E-state index in [-0.39, 0.29) is 0 Å². The number of aliphatic hydroxyl groups excluding tert-OH is 1. The van der Waals surface area contributed by atoms with Crippen LogP contribution in [0.5, 0.6) is 0 Å². The maximum Gasteiger partial charge on any atom is 0.106 e. The number of fused-ring (bicyclic) bond motifs is 1. The van der Waals surface area contributed by atoms with Crippen molar-refractivity contribution in [2.45, 2.75) is 32.0 Å². The Kier molecular flexibility index (Phi) is 4.24. The largest absolute Gasteiger partial charge is 0.387 e. The number of hydrogen-bond acceptors (Lipinski definition) is 4.